The van der Waals surface area contributed by atoms with E-state index in [0.717, 1.165) is 16.8 Å². The van der Waals surface area contributed by atoms with Crippen molar-refractivity contribution in [2.75, 3.05) is 28.3 Å². The number of alkyl halides is 3. The molecule has 0 fully saturated rings. The molecule has 1 heterocycles. The highest BCUT2D eigenvalue weighted by atomic mass is 32.1. The van der Waals surface area contributed by atoms with Crippen LogP contribution in [0.4, 0.5) is 40.2 Å². The van der Waals surface area contributed by atoms with Crippen LogP contribution in [0.15, 0.2) is 60.7 Å². The first kappa shape index (κ1) is 24.8. The largest absolute Gasteiger partial charge is 0.455 e. The number of benzene rings is 3. The van der Waals surface area contributed by atoms with Crippen LogP contribution in [0.3, 0.4) is 0 Å². The molecule has 8 nitrogen and oxygen atoms in total. The fourth-order valence-corrected chi connectivity index (χ4v) is 4.39. The molecule has 0 atom stereocenters. The first-order valence-corrected chi connectivity index (χ1v) is 11.4. The van der Waals surface area contributed by atoms with Crippen LogP contribution < -0.4 is 26.0 Å². The van der Waals surface area contributed by atoms with E-state index in [0.29, 0.717) is 33.5 Å². The Morgan fingerprint density at radius 2 is 1.64 bits per heavy atom. The van der Waals surface area contributed by atoms with E-state index < -0.39 is 17.8 Å². The number of halogens is 3. The van der Waals surface area contributed by atoms with Crippen LogP contribution in [-0.2, 0) is 11.0 Å². The number of hydrogen-bond donors (Lipinski definition) is 4. The molecule has 0 bridgehead atoms. The Morgan fingerprint density at radius 1 is 0.944 bits per heavy atom. The number of thiazole rings is 1. The SMILES string of the molecule is CNc1c(Oc2cccc(NC(=O)Nc3cccc(C(F)(F)F)c3)c2)ccc2nc(NC(C)=O)sc12. The smallest absolute Gasteiger partial charge is 0.416 e. The Morgan fingerprint density at radius 3 is 2.31 bits per heavy atom. The number of nitrogens with zero attached hydrogens (tertiary/aromatic N) is 1. The van der Waals surface area contributed by atoms with E-state index in [-0.39, 0.29) is 11.6 Å². The van der Waals surface area contributed by atoms with Crippen LogP contribution in [0.2, 0.25) is 0 Å². The summed E-state index contributed by atoms with van der Waals surface area (Å²) in [5.74, 6) is 0.681. The zero-order chi connectivity index (χ0) is 25.9. The highest BCUT2D eigenvalue weighted by Crippen LogP contribution is 2.40. The monoisotopic (exact) mass is 515 g/mol. The van der Waals surface area contributed by atoms with Crippen molar-refractivity contribution in [2.45, 2.75) is 13.1 Å². The molecule has 0 aliphatic carbocycles. The summed E-state index contributed by atoms with van der Waals surface area (Å²) in [4.78, 5) is 28.1. The van der Waals surface area contributed by atoms with Gasteiger partial charge in [-0.15, -0.1) is 0 Å². The van der Waals surface area contributed by atoms with Crippen molar-refractivity contribution in [3.05, 3.63) is 66.2 Å². The molecule has 186 valence electrons. The lowest BCUT2D eigenvalue weighted by atomic mass is 10.2. The topological polar surface area (TPSA) is 104 Å². The Hall–Kier alpha value is -4.32. The number of carbonyl (C=O) groups excluding carboxylic acids is 2. The number of rotatable bonds is 6. The summed E-state index contributed by atoms with van der Waals surface area (Å²) in [5.41, 5.74) is 0.863. The molecule has 3 aromatic carbocycles. The third-order valence-electron chi connectivity index (χ3n) is 4.82. The van der Waals surface area contributed by atoms with Gasteiger partial charge in [0.2, 0.25) is 5.91 Å². The van der Waals surface area contributed by atoms with Crippen LogP contribution >= 0.6 is 11.3 Å². The highest BCUT2D eigenvalue weighted by Gasteiger charge is 2.30. The van der Waals surface area contributed by atoms with E-state index in [9.17, 15) is 22.8 Å². The van der Waals surface area contributed by atoms with Gasteiger partial charge < -0.3 is 26.0 Å². The number of hydrogen-bond acceptors (Lipinski definition) is 6. The van der Waals surface area contributed by atoms with E-state index in [1.807, 2.05) is 0 Å². The van der Waals surface area contributed by atoms with E-state index in [1.165, 1.54) is 30.4 Å². The number of urea groups is 1. The molecule has 3 amide bonds. The first-order chi connectivity index (χ1) is 17.1. The van der Waals surface area contributed by atoms with Gasteiger partial charge in [-0.25, -0.2) is 9.78 Å². The fraction of sp³-hybridized carbons (Fsp3) is 0.125. The average molecular weight is 516 g/mol. The molecule has 0 spiro atoms. The van der Waals surface area contributed by atoms with Crippen LogP contribution in [0.5, 0.6) is 11.5 Å². The number of aromatic nitrogens is 1. The van der Waals surface area contributed by atoms with E-state index >= 15 is 0 Å². The molecule has 12 heteroatoms. The molecular formula is C24H20F3N5O3S. The summed E-state index contributed by atoms with van der Waals surface area (Å²) in [7, 11) is 1.73. The molecule has 0 aliphatic rings. The van der Waals surface area contributed by atoms with E-state index in [4.69, 9.17) is 4.74 Å². The number of carbonyl (C=O) groups is 2. The normalized spacial score (nSPS) is 11.1. The number of nitrogens with one attached hydrogen (secondary N) is 4. The molecule has 4 aromatic rings. The van der Waals surface area contributed by atoms with Gasteiger partial charge in [0.05, 0.1) is 21.5 Å². The molecule has 0 radical (unpaired) electrons. The highest BCUT2D eigenvalue weighted by molar-refractivity contribution is 7.23. The van der Waals surface area contributed by atoms with Gasteiger partial charge >= 0.3 is 12.2 Å². The van der Waals surface area contributed by atoms with Gasteiger partial charge in [-0.2, -0.15) is 13.2 Å². The summed E-state index contributed by atoms with van der Waals surface area (Å²) in [6.07, 6.45) is -4.51. The van der Waals surface area contributed by atoms with Gasteiger partial charge in [0.15, 0.2) is 10.9 Å². The number of ether oxygens (including phenoxy) is 1. The third-order valence-corrected chi connectivity index (χ3v) is 5.82. The van der Waals surface area contributed by atoms with Gasteiger partial charge in [0.1, 0.15) is 5.75 Å². The number of amides is 3. The van der Waals surface area contributed by atoms with Gasteiger partial charge in [-0.1, -0.05) is 23.5 Å². The maximum atomic E-state index is 12.9. The Bertz CT molecular complexity index is 1440. The standard InChI is InChI=1S/C24H20F3N5O3S/c1-13(33)29-23-32-18-9-10-19(20(28-2)21(18)36-23)35-17-8-4-7-16(12-17)31-22(34)30-15-6-3-5-14(11-15)24(25,26)27/h3-12,28H,1-2H3,(H,29,32,33)(H2,30,31,34). The van der Waals surface area contributed by atoms with Crippen molar-refractivity contribution in [1.29, 1.82) is 0 Å². The molecule has 0 saturated heterocycles. The van der Waals surface area contributed by atoms with Gasteiger partial charge in [0, 0.05) is 31.4 Å². The molecule has 0 unspecified atom stereocenters. The van der Waals surface area contributed by atoms with Crippen molar-refractivity contribution >= 4 is 55.7 Å². The lowest BCUT2D eigenvalue weighted by molar-refractivity contribution is -0.137. The summed E-state index contributed by atoms with van der Waals surface area (Å²) < 4.78 is 45.5. The summed E-state index contributed by atoms with van der Waals surface area (Å²) in [6, 6.07) is 13.7. The quantitative estimate of drug-likeness (QED) is 0.227. The lowest BCUT2D eigenvalue weighted by Gasteiger charge is -2.13. The maximum Gasteiger partial charge on any atom is 0.416 e. The van der Waals surface area contributed by atoms with Crippen molar-refractivity contribution in [2.24, 2.45) is 0 Å². The fourth-order valence-electron chi connectivity index (χ4n) is 3.33. The van der Waals surface area contributed by atoms with Crippen molar-refractivity contribution in [1.82, 2.24) is 4.98 Å². The van der Waals surface area contributed by atoms with Gasteiger partial charge in [-0.3, -0.25) is 4.79 Å². The van der Waals surface area contributed by atoms with Gasteiger partial charge in [0.25, 0.3) is 0 Å². The Labute approximate surface area is 207 Å². The number of fused-ring (bicyclic) bond motifs is 1. The predicted octanol–water partition coefficient (Wildman–Crippen LogP) is 6.75. The van der Waals surface area contributed by atoms with Crippen molar-refractivity contribution in [3.63, 3.8) is 0 Å². The molecule has 36 heavy (non-hydrogen) atoms. The van der Waals surface area contributed by atoms with E-state index in [2.05, 4.69) is 26.3 Å². The molecule has 4 rings (SSSR count). The minimum Gasteiger partial charge on any atom is -0.455 e. The molecule has 0 aliphatic heterocycles. The van der Waals surface area contributed by atoms with Crippen LogP contribution in [0, 0.1) is 0 Å². The average Bonchev–Trinajstić information content (AvgIpc) is 3.20. The van der Waals surface area contributed by atoms with Crippen LogP contribution in [-0.4, -0.2) is 24.0 Å². The predicted molar refractivity (Wildman–Crippen MR) is 134 cm³/mol. The molecular weight excluding hydrogens is 495 g/mol. The van der Waals surface area contributed by atoms with E-state index in [1.54, 1.807) is 43.4 Å². The second kappa shape index (κ2) is 10.1. The van der Waals surface area contributed by atoms with Crippen LogP contribution in [0.1, 0.15) is 12.5 Å². The third kappa shape index (κ3) is 5.84. The number of anilines is 4. The summed E-state index contributed by atoms with van der Waals surface area (Å²) >= 11 is 1.30. The Kier molecular flexibility index (Phi) is 6.97. The molecule has 1 aromatic heterocycles. The summed E-state index contributed by atoms with van der Waals surface area (Å²) in [5, 5.41) is 11.2. The van der Waals surface area contributed by atoms with Crippen molar-refractivity contribution < 1.29 is 27.5 Å². The maximum absolute atomic E-state index is 12.9. The Balaban J connectivity index is 1.49. The van der Waals surface area contributed by atoms with Crippen LogP contribution in [0.25, 0.3) is 10.2 Å². The minimum absolute atomic E-state index is 0.00452. The molecule has 4 N–H and O–H groups in total. The summed E-state index contributed by atoms with van der Waals surface area (Å²) in [6.45, 7) is 1.40. The second-order valence-electron chi connectivity index (χ2n) is 7.52. The zero-order valence-corrected chi connectivity index (χ0v) is 19.8. The lowest BCUT2D eigenvalue weighted by Crippen LogP contribution is -2.19. The molecule has 0 saturated carbocycles. The first-order valence-electron chi connectivity index (χ1n) is 10.5. The van der Waals surface area contributed by atoms with Gasteiger partial charge in [-0.05, 0) is 42.5 Å². The second-order valence-corrected chi connectivity index (χ2v) is 8.52. The zero-order valence-electron chi connectivity index (χ0n) is 19.0. The minimum atomic E-state index is -4.51. The van der Waals surface area contributed by atoms with Crippen molar-refractivity contribution in [3.8, 4) is 11.5 Å².